The second-order valence-electron chi connectivity index (χ2n) is 7.03. The summed E-state index contributed by atoms with van der Waals surface area (Å²) in [5.41, 5.74) is 2.79. The first-order valence-corrected chi connectivity index (χ1v) is 9.33. The molecule has 1 aliphatic rings. The maximum Gasteiger partial charge on any atom is 0.224 e. The van der Waals surface area contributed by atoms with Crippen LogP contribution in [-0.2, 0) is 4.79 Å². The molecule has 3 aromatic rings. The maximum atomic E-state index is 11.9. The van der Waals surface area contributed by atoms with Crippen LogP contribution in [0.4, 0.5) is 28.8 Å². The summed E-state index contributed by atoms with van der Waals surface area (Å²) in [4.78, 5) is 24.7. The molecule has 3 N–H and O–H groups in total. The third-order valence-corrected chi connectivity index (χ3v) is 4.45. The number of hydrogen-bond donors (Lipinski definition) is 3. The van der Waals surface area contributed by atoms with Crippen molar-refractivity contribution in [3.63, 3.8) is 0 Å². The highest BCUT2D eigenvalue weighted by molar-refractivity contribution is 5.91. The highest BCUT2D eigenvalue weighted by Gasteiger charge is 2.24. The number of pyridine rings is 1. The lowest BCUT2D eigenvalue weighted by Gasteiger charge is -2.10. The molecule has 0 spiro atoms. The Labute approximate surface area is 163 Å². The molecule has 1 saturated carbocycles. The Morgan fingerprint density at radius 1 is 0.929 bits per heavy atom. The number of hydrogen-bond acceptors (Lipinski definition) is 6. The van der Waals surface area contributed by atoms with Gasteiger partial charge in [-0.15, -0.1) is 0 Å². The van der Waals surface area contributed by atoms with E-state index in [1.807, 2.05) is 49.4 Å². The fraction of sp³-hybridized carbons (Fsp3) is 0.238. The van der Waals surface area contributed by atoms with Crippen LogP contribution in [0.5, 0.6) is 0 Å². The molecule has 0 atom stereocenters. The molecule has 0 radical (unpaired) electrons. The molecule has 1 amide bonds. The Kier molecular flexibility index (Phi) is 5.14. The van der Waals surface area contributed by atoms with Gasteiger partial charge in [-0.1, -0.05) is 0 Å². The van der Waals surface area contributed by atoms with Gasteiger partial charge >= 0.3 is 0 Å². The van der Waals surface area contributed by atoms with Gasteiger partial charge in [0.15, 0.2) is 0 Å². The molecule has 7 heteroatoms. The number of anilines is 5. The molecule has 1 aliphatic carbocycles. The maximum absolute atomic E-state index is 11.9. The summed E-state index contributed by atoms with van der Waals surface area (Å²) < 4.78 is 0. The zero-order valence-corrected chi connectivity index (χ0v) is 15.6. The van der Waals surface area contributed by atoms with Crippen molar-refractivity contribution >= 4 is 34.7 Å². The van der Waals surface area contributed by atoms with Crippen molar-refractivity contribution in [2.45, 2.75) is 26.2 Å². The number of nitrogens with one attached hydrogen (secondary N) is 3. The minimum Gasteiger partial charge on any atom is -0.340 e. The largest absolute Gasteiger partial charge is 0.340 e. The molecular weight excluding hydrogens is 352 g/mol. The highest BCUT2D eigenvalue weighted by atomic mass is 16.1. The lowest BCUT2D eigenvalue weighted by molar-refractivity contribution is -0.116. The van der Waals surface area contributed by atoms with E-state index >= 15 is 0 Å². The predicted molar refractivity (Wildman–Crippen MR) is 110 cm³/mol. The number of amides is 1. The summed E-state index contributed by atoms with van der Waals surface area (Å²) in [5.74, 6) is 2.71. The smallest absolute Gasteiger partial charge is 0.224 e. The van der Waals surface area contributed by atoms with E-state index in [-0.39, 0.29) is 5.91 Å². The van der Waals surface area contributed by atoms with E-state index in [9.17, 15) is 4.79 Å². The predicted octanol–water partition coefficient (Wildman–Crippen LogP) is 4.41. The molecule has 1 aromatic carbocycles. The molecule has 4 rings (SSSR count). The zero-order valence-electron chi connectivity index (χ0n) is 15.6. The highest BCUT2D eigenvalue weighted by Crippen LogP contribution is 2.32. The van der Waals surface area contributed by atoms with Gasteiger partial charge in [-0.3, -0.25) is 4.79 Å². The minimum absolute atomic E-state index is 0.0829. The van der Waals surface area contributed by atoms with Crippen molar-refractivity contribution in [3.8, 4) is 0 Å². The first kappa shape index (κ1) is 17.9. The van der Waals surface area contributed by atoms with Crippen LogP contribution >= 0.6 is 0 Å². The number of carbonyl (C=O) groups is 1. The summed E-state index contributed by atoms with van der Waals surface area (Å²) in [6, 6.07) is 13.3. The van der Waals surface area contributed by atoms with Gasteiger partial charge in [-0.2, -0.15) is 0 Å². The number of carbonyl (C=O) groups excluding carboxylic acids is 1. The summed E-state index contributed by atoms with van der Waals surface area (Å²) in [7, 11) is 0. The fourth-order valence-corrected chi connectivity index (χ4v) is 2.81. The number of nitrogens with zero attached hydrogens (tertiary/aromatic N) is 3. The molecule has 7 nitrogen and oxygen atoms in total. The zero-order chi connectivity index (χ0) is 19.3. The van der Waals surface area contributed by atoms with Gasteiger partial charge in [0.2, 0.25) is 5.91 Å². The molecule has 142 valence electrons. The van der Waals surface area contributed by atoms with Gasteiger partial charge in [0.25, 0.3) is 0 Å². The number of aromatic nitrogens is 3. The SMILES string of the molecule is Cc1ccnc(Nc2cc(Nc3ccc(NC(=O)CC4CC4)cc3)ncn2)c1. The van der Waals surface area contributed by atoms with Gasteiger partial charge < -0.3 is 16.0 Å². The van der Waals surface area contributed by atoms with Gasteiger partial charge in [-0.05, 0) is 67.6 Å². The average molecular weight is 374 g/mol. The second kappa shape index (κ2) is 8.04. The van der Waals surface area contributed by atoms with Crippen LogP contribution < -0.4 is 16.0 Å². The Bertz CT molecular complexity index is 969. The lowest BCUT2D eigenvalue weighted by Crippen LogP contribution is -2.11. The van der Waals surface area contributed by atoms with Crippen LogP contribution in [-0.4, -0.2) is 20.9 Å². The third kappa shape index (κ3) is 5.03. The summed E-state index contributed by atoms with van der Waals surface area (Å²) >= 11 is 0. The molecule has 0 saturated heterocycles. The van der Waals surface area contributed by atoms with Crippen molar-refractivity contribution in [1.82, 2.24) is 15.0 Å². The van der Waals surface area contributed by atoms with E-state index in [1.54, 1.807) is 6.20 Å². The van der Waals surface area contributed by atoms with Crippen molar-refractivity contribution < 1.29 is 4.79 Å². The monoisotopic (exact) mass is 374 g/mol. The molecule has 0 unspecified atom stereocenters. The van der Waals surface area contributed by atoms with Crippen molar-refractivity contribution in [3.05, 3.63) is 60.6 Å². The lowest BCUT2D eigenvalue weighted by atomic mass is 10.2. The Balaban J connectivity index is 1.37. The Morgan fingerprint density at radius 2 is 1.61 bits per heavy atom. The molecule has 28 heavy (non-hydrogen) atoms. The van der Waals surface area contributed by atoms with E-state index in [0.29, 0.717) is 24.0 Å². The minimum atomic E-state index is 0.0829. The first-order chi connectivity index (χ1) is 13.6. The van der Waals surface area contributed by atoms with E-state index in [0.717, 1.165) is 22.8 Å². The molecule has 2 aromatic heterocycles. The van der Waals surface area contributed by atoms with Crippen molar-refractivity contribution in [1.29, 1.82) is 0 Å². The van der Waals surface area contributed by atoms with E-state index in [4.69, 9.17) is 0 Å². The van der Waals surface area contributed by atoms with Crippen molar-refractivity contribution in [2.75, 3.05) is 16.0 Å². The Morgan fingerprint density at radius 3 is 2.32 bits per heavy atom. The molecule has 0 aliphatic heterocycles. The van der Waals surface area contributed by atoms with Gasteiger partial charge in [0.05, 0.1) is 0 Å². The van der Waals surface area contributed by atoms with Gasteiger partial charge in [0.1, 0.15) is 23.8 Å². The normalized spacial score (nSPS) is 13.0. The van der Waals surface area contributed by atoms with Crippen LogP contribution in [0.2, 0.25) is 0 Å². The van der Waals surface area contributed by atoms with E-state index < -0.39 is 0 Å². The third-order valence-electron chi connectivity index (χ3n) is 4.45. The number of aryl methyl sites for hydroxylation is 1. The molecule has 0 bridgehead atoms. The van der Waals surface area contributed by atoms with Crippen molar-refractivity contribution in [2.24, 2.45) is 5.92 Å². The molecule has 1 fully saturated rings. The summed E-state index contributed by atoms with van der Waals surface area (Å²) in [6.07, 6.45) is 6.21. The van der Waals surface area contributed by atoms with E-state index in [2.05, 4.69) is 30.9 Å². The standard InChI is InChI=1S/C21H22N6O/c1-14-8-9-22-18(10-14)27-20-12-19(23-13-24-20)25-16-4-6-17(7-5-16)26-21(28)11-15-2-3-15/h4-10,12-13,15H,2-3,11H2,1H3,(H,26,28)(H2,22,23,24,25,27). The van der Waals surface area contributed by atoms with Gasteiger partial charge in [-0.25, -0.2) is 15.0 Å². The average Bonchev–Trinajstić information content (AvgIpc) is 3.47. The van der Waals surface area contributed by atoms with Crippen LogP contribution in [0.1, 0.15) is 24.8 Å². The van der Waals surface area contributed by atoms with Crippen LogP contribution in [0, 0.1) is 12.8 Å². The van der Waals surface area contributed by atoms with Crippen LogP contribution in [0.25, 0.3) is 0 Å². The fourth-order valence-electron chi connectivity index (χ4n) is 2.81. The second-order valence-corrected chi connectivity index (χ2v) is 7.03. The summed E-state index contributed by atoms with van der Waals surface area (Å²) in [5, 5.41) is 9.35. The molecular formula is C21H22N6O. The quantitative estimate of drug-likeness (QED) is 0.567. The first-order valence-electron chi connectivity index (χ1n) is 9.33. The number of benzene rings is 1. The molecule has 2 heterocycles. The topological polar surface area (TPSA) is 91.8 Å². The Hall–Kier alpha value is -3.48. The van der Waals surface area contributed by atoms with Gasteiger partial charge in [0, 0.05) is 30.1 Å². The van der Waals surface area contributed by atoms with E-state index in [1.165, 1.54) is 19.2 Å². The van der Waals surface area contributed by atoms with Crippen LogP contribution in [0.15, 0.2) is 55.0 Å². The summed E-state index contributed by atoms with van der Waals surface area (Å²) in [6.45, 7) is 2.01. The number of rotatable bonds is 7. The van der Waals surface area contributed by atoms with Crippen LogP contribution in [0.3, 0.4) is 0 Å².